The molecule has 0 radical (unpaired) electrons. The zero-order valence-corrected chi connectivity index (χ0v) is 8.30. The van der Waals surface area contributed by atoms with Crippen LogP contribution in [0.15, 0.2) is 0 Å². The van der Waals surface area contributed by atoms with Crippen LogP contribution in [-0.2, 0) is 0 Å². The molecule has 4 atom stereocenters. The minimum Gasteiger partial charge on any atom is -0.327 e. The van der Waals surface area contributed by atoms with Crippen molar-refractivity contribution < 1.29 is 0 Å². The third-order valence-corrected chi connectivity index (χ3v) is 4.90. The van der Waals surface area contributed by atoms with Gasteiger partial charge in [-0.25, -0.2) is 0 Å². The van der Waals surface area contributed by atoms with E-state index in [1.165, 1.54) is 0 Å². The van der Waals surface area contributed by atoms with E-state index in [1.807, 2.05) is 0 Å². The van der Waals surface area contributed by atoms with Crippen molar-refractivity contribution in [1.29, 1.82) is 0 Å². The van der Waals surface area contributed by atoms with Crippen LogP contribution in [0.4, 0.5) is 0 Å². The molecular formula is C10H20N2. The number of rotatable bonds is 0. The van der Waals surface area contributed by atoms with Gasteiger partial charge in [0.05, 0.1) is 0 Å². The predicted octanol–water partition coefficient (Wildman–Crippen LogP) is 1.10. The molecule has 4 N–H and O–H groups in total. The number of nitrogens with two attached hydrogens (primary N) is 2. The monoisotopic (exact) mass is 168 g/mol. The van der Waals surface area contributed by atoms with E-state index >= 15 is 0 Å². The molecule has 2 aliphatic carbocycles. The predicted molar refractivity (Wildman–Crippen MR) is 50.6 cm³/mol. The van der Waals surface area contributed by atoms with Gasteiger partial charge in [-0.15, -0.1) is 0 Å². The Morgan fingerprint density at radius 3 is 2.00 bits per heavy atom. The zero-order chi connectivity index (χ0) is 9.15. The average molecular weight is 168 g/mol. The topological polar surface area (TPSA) is 52.0 Å². The second-order valence-electron chi connectivity index (χ2n) is 5.46. The van der Waals surface area contributed by atoms with E-state index in [4.69, 9.17) is 11.5 Å². The molecule has 2 rings (SSSR count). The van der Waals surface area contributed by atoms with Crippen LogP contribution in [0.25, 0.3) is 0 Å². The van der Waals surface area contributed by atoms with Crippen molar-refractivity contribution in [1.82, 2.24) is 0 Å². The number of hydrogen-bond acceptors (Lipinski definition) is 2. The van der Waals surface area contributed by atoms with E-state index in [-0.39, 0.29) is 5.41 Å². The lowest BCUT2D eigenvalue weighted by Crippen LogP contribution is -2.43. The summed E-state index contributed by atoms with van der Waals surface area (Å²) in [4.78, 5) is 0. The van der Waals surface area contributed by atoms with Crippen LogP contribution in [0.1, 0.15) is 33.6 Å². The molecule has 2 fully saturated rings. The van der Waals surface area contributed by atoms with Gasteiger partial charge in [0.15, 0.2) is 0 Å². The quantitative estimate of drug-likeness (QED) is 0.569. The molecular weight excluding hydrogens is 148 g/mol. The standard InChI is InChI=1S/C10H20N2/c1-9(2)6-4-8(12)10(9,3)5-7(6)11/h6-8H,4-5,11-12H2,1-3H3/t6-,7?,8?,10-/m1/s1. The van der Waals surface area contributed by atoms with E-state index < -0.39 is 0 Å². The molecule has 0 saturated heterocycles. The van der Waals surface area contributed by atoms with E-state index in [1.54, 1.807) is 0 Å². The van der Waals surface area contributed by atoms with Gasteiger partial charge >= 0.3 is 0 Å². The summed E-state index contributed by atoms with van der Waals surface area (Å²) in [6.45, 7) is 6.97. The Bertz CT molecular complexity index is 212. The zero-order valence-electron chi connectivity index (χ0n) is 8.30. The molecule has 2 saturated carbocycles. The normalized spacial score (nSPS) is 56.2. The molecule has 2 nitrogen and oxygen atoms in total. The first-order valence-electron chi connectivity index (χ1n) is 4.91. The molecule has 0 heterocycles. The fourth-order valence-corrected chi connectivity index (χ4v) is 3.49. The van der Waals surface area contributed by atoms with Gasteiger partial charge in [-0.3, -0.25) is 0 Å². The van der Waals surface area contributed by atoms with Crippen molar-refractivity contribution in [2.45, 2.75) is 45.7 Å². The van der Waals surface area contributed by atoms with Gasteiger partial charge in [-0.1, -0.05) is 20.8 Å². The van der Waals surface area contributed by atoms with Crippen molar-refractivity contribution in [3.63, 3.8) is 0 Å². The Hall–Kier alpha value is -0.0800. The van der Waals surface area contributed by atoms with Crippen molar-refractivity contribution in [2.75, 3.05) is 0 Å². The van der Waals surface area contributed by atoms with Crippen molar-refractivity contribution in [3.05, 3.63) is 0 Å². The second-order valence-corrected chi connectivity index (χ2v) is 5.46. The molecule has 0 aromatic rings. The third kappa shape index (κ3) is 0.686. The van der Waals surface area contributed by atoms with E-state index in [0.717, 1.165) is 12.8 Å². The largest absolute Gasteiger partial charge is 0.327 e. The molecule has 0 aromatic heterocycles. The lowest BCUT2D eigenvalue weighted by atomic mass is 9.69. The minimum atomic E-state index is 0.289. The van der Waals surface area contributed by atoms with Crippen LogP contribution >= 0.6 is 0 Å². The molecule has 70 valence electrons. The second kappa shape index (κ2) is 2.05. The molecule has 2 aliphatic rings. The summed E-state index contributed by atoms with van der Waals surface area (Å²) in [5.74, 6) is 0.650. The SMILES string of the molecule is CC1(C)[C@@H]2CC(N)[C@@]1(C)CC2N. The van der Waals surface area contributed by atoms with Gasteiger partial charge in [0.1, 0.15) is 0 Å². The highest BCUT2D eigenvalue weighted by Crippen LogP contribution is 2.64. The summed E-state index contributed by atoms with van der Waals surface area (Å²) in [6.07, 6.45) is 2.25. The van der Waals surface area contributed by atoms with E-state index in [9.17, 15) is 0 Å². The molecule has 0 aliphatic heterocycles. The molecule has 2 heteroatoms. The number of hydrogen-bond donors (Lipinski definition) is 2. The summed E-state index contributed by atoms with van der Waals surface area (Å²) in [7, 11) is 0. The van der Waals surface area contributed by atoms with E-state index in [2.05, 4.69) is 20.8 Å². The molecule has 0 spiro atoms. The highest BCUT2D eigenvalue weighted by molar-refractivity contribution is 5.16. The molecule has 0 amide bonds. The van der Waals surface area contributed by atoms with Crippen LogP contribution in [-0.4, -0.2) is 12.1 Å². The third-order valence-electron chi connectivity index (χ3n) is 4.90. The van der Waals surface area contributed by atoms with Crippen molar-refractivity contribution >= 4 is 0 Å². The smallest absolute Gasteiger partial charge is 0.0102 e. The Morgan fingerprint density at radius 1 is 1.17 bits per heavy atom. The van der Waals surface area contributed by atoms with Crippen LogP contribution in [0.5, 0.6) is 0 Å². The summed E-state index contributed by atoms with van der Waals surface area (Å²) < 4.78 is 0. The fourth-order valence-electron chi connectivity index (χ4n) is 3.49. The van der Waals surface area contributed by atoms with Gasteiger partial charge in [0.2, 0.25) is 0 Å². The van der Waals surface area contributed by atoms with Crippen molar-refractivity contribution in [2.24, 2.45) is 28.2 Å². The molecule has 12 heavy (non-hydrogen) atoms. The van der Waals surface area contributed by atoms with Crippen LogP contribution in [0, 0.1) is 16.7 Å². The first kappa shape index (κ1) is 8.52. The first-order valence-corrected chi connectivity index (χ1v) is 4.91. The van der Waals surface area contributed by atoms with Gasteiger partial charge in [0, 0.05) is 12.1 Å². The van der Waals surface area contributed by atoms with Gasteiger partial charge < -0.3 is 11.5 Å². The molecule has 0 aromatic carbocycles. The van der Waals surface area contributed by atoms with Gasteiger partial charge in [-0.2, -0.15) is 0 Å². The summed E-state index contributed by atoms with van der Waals surface area (Å²) in [5, 5.41) is 0. The maximum Gasteiger partial charge on any atom is 0.0102 e. The van der Waals surface area contributed by atoms with Gasteiger partial charge in [-0.05, 0) is 29.6 Å². The summed E-state index contributed by atoms with van der Waals surface area (Å²) in [5.41, 5.74) is 12.9. The van der Waals surface area contributed by atoms with Gasteiger partial charge in [0.25, 0.3) is 0 Å². The Balaban J connectivity index is 2.41. The maximum absolute atomic E-state index is 6.14. The highest BCUT2D eigenvalue weighted by Gasteiger charge is 2.63. The van der Waals surface area contributed by atoms with Crippen LogP contribution in [0.3, 0.4) is 0 Å². The Morgan fingerprint density at radius 2 is 1.75 bits per heavy atom. The Labute approximate surface area is 74.7 Å². The average Bonchev–Trinajstić information content (AvgIpc) is 2.18. The molecule has 2 bridgehead atoms. The Kier molecular flexibility index (Phi) is 1.45. The van der Waals surface area contributed by atoms with Crippen molar-refractivity contribution in [3.8, 4) is 0 Å². The summed E-state index contributed by atoms with van der Waals surface area (Å²) in [6, 6.07) is 0.766. The lowest BCUT2D eigenvalue weighted by molar-refractivity contribution is 0.136. The summed E-state index contributed by atoms with van der Waals surface area (Å²) >= 11 is 0. The minimum absolute atomic E-state index is 0.289. The maximum atomic E-state index is 6.14. The molecule has 2 unspecified atom stereocenters. The number of fused-ring (bicyclic) bond motifs is 2. The fraction of sp³-hybridized carbons (Fsp3) is 1.00. The van der Waals surface area contributed by atoms with Crippen LogP contribution in [0.2, 0.25) is 0 Å². The highest BCUT2D eigenvalue weighted by atomic mass is 14.9. The first-order chi connectivity index (χ1) is 5.39. The van der Waals surface area contributed by atoms with Crippen LogP contribution < -0.4 is 11.5 Å². The lowest BCUT2D eigenvalue weighted by Gasteiger charge is -2.37. The van der Waals surface area contributed by atoms with E-state index in [0.29, 0.717) is 23.4 Å².